The normalized spacial score (nSPS) is 13.5. The van der Waals surface area contributed by atoms with Crippen LogP contribution < -0.4 is 5.73 Å². The molecule has 0 spiro atoms. The van der Waals surface area contributed by atoms with Crippen LogP contribution in [0.1, 0.15) is 38.8 Å². The molecule has 0 aliphatic carbocycles. The van der Waals surface area contributed by atoms with E-state index in [9.17, 15) is 0 Å². The Labute approximate surface area is 91.5 Å². The van der Waals surface area contributed by atoms with Gasteiger partial charge in [-0.25, -0.2) is 0 Å². The van der Waals surface area contributed by atoms with Gasteiger partial charge in [0.25, 0.3) is 0 Å². The summed E-state index contributed by atoms with van der Waals surface area (Å²) in [4.78, 5) is 0. The van der Waals surface area contributed by atoms with Crippen molar-refractivity contribution >= 4 is 0 Å². The van der Waals surface area contributed by atoms with Gasteiger partial charge in [-0.2, -0.15) is 5.26 Å². The molecule has 0 radical (unpaired) electrons. The van der Waals surface area contributed by atoms with Crippen LogP contribution in [0.4, 0.5) is 0 Å². The molecular formula is C12H19N3. The fraction of sp³-hybridized carbons (Fsp3) is 0.583. The van der Waals surface area contributed by atoms with Gasteiger partial charge in [-0.15, -0.1) is 0 Å². The molecule has 0 amide bonds. The van der Waals surface area contributed by atoms with Crippen molar-refractivity contribution in [3.63, 3.8) is 0 Å². The molecule has 0 fully saturated rings. The van der Waals surface area contributed by atoms with Gasteiger partial charge in [-0.1, -0.05) is 0 Å². The van der Waals surface area contributed by atoms with Crippen molar-refractivity contribution in [2.45, 2.75) is 39.8 Å². The summed E-state index contributed by atoms with van der Waals surface area (Å²) < 4.78 is 2.10. The molecule has 3 nitrogen and oxygen atoms in total. The Hall–Kier alpha value is -1.27. The molecule has 15 heavy (non-hydrogen) atoms. The number of nitrogens with two attached hydrogens (primary N) is 1. The average molecular weight is 205 g/mol. The molecule has 0 saturated heterocycles. The molecule has 0 saturated carbocycles. The van der Waals surface area contributed by atoms with Gasteiger partial charge in [0, 0.05) is 25.0 Å². The fourth-order valence-electron chi connectivity index (χ4n) is 1.33. The Balaban J connectivity index is 2.56. The summed E-state index contributed by atoms with van der Waals surface area (Å²) in [5.74, 6) is 0. The van der Waals surface area contributed by atoms with Crippen LogP contribution in [-0.4, -0.2) is 4.57 Å². The predicted octanol–water partition coefficient (Wildman–Crippen LogP) is 2.45. The number of aryl methyl sites for hydroxylation is 1. The minimum absolute atomic E-state index is 0.0789. The molecule has 82 valence electrons. The van der Waals surface area contributed by atoms with Crippen LogP contribution in [0, 0.1) is 16.7 Å². The molecule has 1 aromatic rings. The summed E-state index contributed by atoms with van der Waals surface area (Å²) in [7, 11) is 0. The van der Waals surface area contributed by atoms with Crippen LogP contribution >= 0.6 is 0 Å². The number of hydrogen-bond donors (Lipinski definition) is 1. The highest BCUT2D eigenvalue weighted by Gasteiger charge is 2.16. The predicted molar refractivity (Wildman–Crippen MR) is 61.0 cm³/mol. The first-order chi connectivity index (χ1) is 6.94. The number of rotatable bonds is 4. The lowest BCUT2D eigenvalue weighted by Crippen LogP contribution is -2.11. The SMILES string of the molecule is CC(N)c1ccn(CCC(C)(C)C#N)c1. The van der Waals surface area contributed by atoms with Crippen molar-refractivity contribution in [1.82, 2.24) is 4.57 Å². The van der Waals surface area contributed by atoms with Crippen molar-refractivity contribution in [2.24, 2.45) is 11.1 Å². The zero-order valence-corrected chi connectivity index (χ0v) is 9.70. The first-order valence-electron chi connectivity index (χ1n) is 5.27. The number of nitrogens with zero attached hydrogens (tertiary/aromatic N) is 2. The lowest BCUT2D eigenvalue weighted by Gasteiger charge is -2.14. The molecule has 0 aliphatic heterocycles. The van der Waals surface area contributed by atoms with Crippen molar-refractivity contribution in [2.75, 3.05) is 0 Å². The summed E-state index contributed by atoms with van der Waals surface area (Å²) in [5, 5.41) is 8.89. The maximum absolute atomic E-state index is 8.89. The van der Waals surface area contributed by atoms with E-state index in [2.05, 4.69) is 16.8 Å². The van der Waals surface area contributed by atoms with Crippen LogP contribution in [0.15, 0.2) is 18.5 Å². The van der Waals surface area contributed by atoms with Crippen molar-refractivity contribution in [3.8, 4) is 6.07 Å². The summed E-state index contributed by atoms with van der Waals surface area (Å²) in [6.45, 7) is 6.76. The molecule has 1 atom stereocenters. The van der Waals surface area contributed by atoms with Gasteiger partial charge >= 0.3 is 0 Å². The third-order valence-electron chi connectivity index (χ3n) is 2.60. The standard InChI is InChI=1S/C12H19N3/c1-10(14)11-4-6-15(8-11)7-5-12(2,3)9-13/h4,6,8,10H,5,7,14H2,1-3H3. The number of hydrogen-bond acceptors (Lipinski definition) is 2. The Bertz CT molecular complexity index is 355. The van der Waals surface area contributed by atoms with E-state index in [-0.39, 0.29) is 11.5 Å². The third kappa shape index (κ3) is 3.41. The second-order valence-corrected chi connectivity index (χ2v) is 4.72. The lowest BCUT2D eigenvalue weighted by atomic mass is 9.91. The first kappa shape index (κ1) is 11.8. The molecule has 1 heterocycles. The van der Waals surface area contributed by atoms with Gasteiger partial charge in [0.05, 0.1) is 11.5 Å². The molecular weight excluding hydrogens is 186 g/mol. The van der Waals surface area contributed by atoms with E-state index < -0.39 is 0 Å². The quantitative estimate of drug-likeness (QED) is 0.820. The molecule has 3 heteroatoms. The topological polar surface area (TPSA) is 54.7 Å². The molecule has 0 bridgehead atoms. The maximum Gasteiger partial charge on any atom is 0.0684 e. The van der Waals surface area contributed by atoms with Gasteiger partial charge in [0.1, 0.15) is 0 Å². The van der Waals surface area contributed by atoms with Crippen LogP contribution in [0.25, 0.3) is 0 Å². The van der Waals surface area contributed by atoms with Gasteiger partial charge < -0.3 is 10.3 Å². The number of aromatic nitrogens is 1. The Morgan fingerprint density at radius 3 is 2.73 bits per heavy atom. The van der Waals surface area contributed by atoms with Crippen LogP contribution in [0.5, 0.6) is 0 Å². The van der Waals surface area contributed by atoms with E-state index in [1.165, 1.54) is 0 Å². The van der Waals surface area contributed by atoms with Crippen LogP contribution in [0.3, 0.4) is 0 Å². The second-order valence-electron chi connectivity index (χ2n) is 4.72. The first-order valence-corrected chi connectivity index (χ1v) is 5.27. The summed E-state index contributed by atoms with van der Waals surface area (Å²) in [6.07, 6.45) is 4.93. The fourth-order valence-corrected chi connectivity index (χ4v) is 1.33. The molecule has 2 N–H and O–H groups in total. The monoisotopic (exact) mass is 205 g/mol. The lowest BCUT2D eigenvalue weighted by molar-refractivity contribution is 0.413. The van der Waals surface area contributed by atoms with Crippen LogP contribution in [-0.2, 0) is 6.54 Å². The van der Waals surface area contributed by atoms with Crippen molar-refractivity contribution in [3.05, 3.63) is 24.0 Å². The van der Waals surface area contributed by atoms with Crippen LogP contribution in [0.2, 0.25) is 0 Å². The van der Waals surface area contributed by atoms with Gasteiger partial charge in [-0.05, 0) is 38.8 Å². The number of nitriles is 1. The van der Waals surface area contributed by atoms with E-state index >= 15 is 0 Å². The molecule has 0 aliphatic rings. The van der Waals surface area contributed by atoms with Crippen molar-refractivity contribution < 1.29 is 0 Å². The Morgan fingerprint density at radius 2 is 2.27 bits per heavy atom. The van der Waals surface area contributed by atoms with Gasteiger partial charge in [0.15, 0.2) is 0 Å². The minimum atomic E-state index is -0.251. The van der Waals surface area contributed by atoms with E-state index in [0.717, 1.165) is 18.5 Å². The zero-order valence-electron chi connectivity index (χ0n) is 9.70. The second kappa shape index (κ2) is 4.50. The molecule has 1 unspecified atom stereocenters. The summed E-state index contributed by atoms with van der Waals surface area (Å²) in [6, 6.07) is 4.41. The minimum Gasteiger partial charge on any atom is -0.354 e. The van der Waals surface area contributed by atoms with Gasteiger partial charge in [0.2, 0.25) is 0 Å². The van der Waals surface area contributed by atoms with E-state index in [1.54, 1.807) is 0 Å². The Morgan fingerprint density at radius 1 is 1.60 bits per heavy atom. The summed E-state index contributed by atoms with van der Waals surface area (Å²) in [5.41, 5.74) is 6.66. The average Bonchev–Trinajstić information content (AvgIpc) is 2.63. The van der Waals surface area contributed by atoms with Gasteiger partial charge in [-0.3, -0.25) is 0 Å². The maximum atomic E-state index is 8.89. The van der Waals surface area contributed by atoms with E-state index in [1.807, 2.05) is 33.0 Å². The highest BCUT2D eigenvalue weighted by atomic mass is 14.9. The largest absolute Gasteiger partial charge is 0.354 e. The van der Waals surface area contributed by atoms with E-state index in [0.29, 0.717) is 0 Å². The highest BCUT2D eigenvalue weighted by Crippen LogP contribution is 2.20. The zero-order chi connectivity index (χ0) is 11.5. The molecule has 1 rings (SSSR count). The smallest absolute Gasteiger partial charge is 0.0684 e. The molecule has 0 aromatic carbocycles. The van der Waals surface area contributed by atoms with E-state index in [4.69, 9.17) is 11.0 Å². The summed E-state index contributed by atoms with van der Waals surface area (Å²) >= 11 is 0. The van der Waals surface area contributed by atoms with Crippen molar-refractivity contribution in [1.29, 1.82) is 5.26 Å². The Kier molecular flexibility index (Phi) is 3.54. The molecule has 1 aromatic heterocycles. The third-order valence-corrected chi connectivity index (χ3v) is 2.60. The highest BCUT2D eigenvalue weighted by molar-refractivity contribution is 5.13.